The molecule has 0 bridgehead atoms. The summed E-state index contributed by atoms with van der Waals surface area (Å²) in [6.45, 7) is 1.84. The number of carbonyl (C=O) groups excluding carboxylic acids is 1. The van der Waals surface area contributed by atoms with Gasteiger partial charge in [-0.1, -0.05) is 58.2 Å². The SMILES string of the molecule is CCC(=O)C(Br)Cc1cccc(Cl)c1Cl. The zero-order valence-corrected chi connectivity index (χ0v) is 11.4. The molecule has 0 spiro atoms. The van der Waals surface area contributed by atoms with Crippen molar-refractivity contribution in [1.29, 1.82) is 0 Å². The molecule has 1 atom stereocenters. The lowest BCUT2D eigenvalue weighted by Crippen LogP contribution is -2.15. The minimum atomic E-state index is -0.182. The van der Waals surface area contributed by atoms with Crippen LogP contribution in [0.25, 0.3) is 0 Å². The second kappa shape index (κ2) is 5.88. The summed E-state index contributed by atoms with van der Waals surface area (Å²) in [5.74, 6) is 0.172. The van der Waals surface area contributed by atoms with Gasteiger partial charge in [0.2, 0.25) is 0 Å². The highest BCUT2D eigenvalue weighted by Crippen LogP contribution is 2.27. The third-order valence-electron chi connectivity index (χ3n) is 2.13. The van der Waals surface area contributed by atoms with Crippen LogP contribution in [0.3, 0.4) is 0 Å². The van der Waals surface area contributed by atoms with Crippen LogP contribution in [-0.4, -0.2) is 10.6 Å². The molecule has 0 radical (unpaired) electrons. The van der Waals surface area contributed by atoms with Gasteiger partial charge in [0, 0.05) is 6.42 Å². The van der Waals surface area contributed by atoms with Crippen molar-refractivity contribution < 1.29 is 4.79 Å². The quantitative estimate of drug-likeness (QED) is 0.759. The smallest absolute Gasteiger partial charge is 0.146 e. The second-order valence-electron chi connectivity index (χ2n) is 3.20. The summed E-state index contributed by atoms with van der Waals surface area (Å²) >= 11 is 15.2. The number of halogens is 3. The van der Waals surface area contributed by atoms with Crippen LogP contribution in [0.4, 0.5) is 0 Å². The molecule has 1 rings (SSSR count). The number of Topliss-reactive ketones (excluding diaryl/α,β-unsaturated/α-hetero) is 1. The predicted molar refractivity (Wildman–Crippen MR) is 68.2 cm³/mol. The van der Waals surface area contributed by atoms with Gasteiger partial charge in [-0.2, -0.15) is 0 Å². The Morgan fingerprint density at radius 3 is 2.73 bits per heavy atom. The lowest BCUT2D eigenvalue weighted by Gasteiger charge is -2.09. The highest BCUT2D eigenvalue weighted by molar-refractivity contribution is 9.10. The first kappa shape index (κ1) is 13.0. The van der Waals surface area contributed by atoms with E-state index in [1.165, 1.54) is 0 Å². The summed E-state index contributed by atoms with van der Waals surface area (Å²) < 4.78 is 0. The first-order valence-electron chi connectivity index (χ1n) is 4.66. The summed E-state index contributed by atoms with van der Waals surface area (Å²) in [7, 11) is 0. The minimum Gasteiger partial charge on any atom is -0.298 e. The number of hydrogen-bond donors (Lipinski definition) is 0. The maximum absolute atomic E-state index is 11.4. The standard InChI is InChI=1S/C11H11BrCl2O/c1-2-10(15)8(12)6-7-4-3-5-9(13)11(7)14/h3-5,8H,2,6H2,1H3. The Kier molecular flexibility index (Phi) is 5.10. The van der Waals surface area contributed by atoms with Crippen molar-refractivity contribution in [3.05, 3.63) is 33.8 Å². The van der Waals surface area contributed by atoms with Crippen LogP contribution in [0.5, 0.6) is 0 Å². The Bertz CT molecular complexity index is 366. The van der Waals surface area contributed by atoms with Gasteiger partial charge in [-0.25, -0.2) is 0 Å². The first-order chi connectivity index (χ1) is 7.06. The Balaban J connectivity index is 2.81. The van der Waals surface area contributed by atoms with Gasteiger partial charge >= 0.3 is 0 Å². The summed E-state index contributed by atoms with van der Waals surface area (Å²) in [6.07, 6.45) is 1.10. The third kappa shape index (κ3) is 3.47. The molecule has 4 heteroatoms. The van der Waals surface area contributed by atoms with Gasteiger partial charge in [0.1, 0.15) is 5.78 Å². The van der Waals surface area contributed by atoms with E-state index in [0.29, 0.717) is 22.9 Å². The van der Waals surface area contributed by atoms with E-state index in [1.54, 1.807) is 6.07 Å². The van der Waals surface area contributed by atoms with E-state index in [2.05, 4.69) is 15.9 Å². The zero-order chi connectivity index (χ0) is 11.4. The number of rotatable bonds is 4. The van der Waals surface area contributed by atoms with E-state index in [0.717, 1.165) is 5.56 Å². The average molecular weight is 310 g/mol. The predicted octanol–water partition coefficient (Wildman–Crippen LogP) is 4.28. The fourth-order valence-electron chi connectivity index (χ4n) is 1.23. The molecule has 0 aromatic heterocycles. The van der Waals surface area contributed by atoms with E-state index >= 15 is 0 Å². The Morgan fingerprint density at radius 2 is 2.13 bits per heavy atom. The third-order valence-corrected chi connectivity index (χ3v) is 3.82. The van der Waals surface area contributed by atoms with Gasteiger partial charge in [0.15, 0.2) is 0 Å². The Morgan fingerprint density at radius 1 is 1.47 bits per heavy atom. The lowest BCUT2D eigenvalue weighted by molar-refractivity contribution is -0.118. The Hall–Kier alpha value is -0.0500. The maximum Gasteiger partial charge on any atom is 0.146 e. The van der Waals surface area contributed by atoms with Gasteiger partial charge in [-0.15, -0.1) is 0 Å². The van der Waals surface area contributed by atoms with Crippen molar-refractivity contribution in [2.45, 2.75) is 24.6 Å². The van der Waals surface area contributed by atoms with Gasteiger partial charge in [0.05, 0.1) is 14.9 Å². The highest BCUT2D eigenvalue weighted by Gasteiger charge is 2.15. The molecule has 1 aromatic carbocycles. The normalized spacial score (nSPS) is 12.5. The number of carbonyl (C=O) groups is 1. The second-order valence-corrected chi connectivity index (χ2v) is 5.09. The average Bonchev–Trinajstić information content (AvgIpc) is 2.23. The molecule has 0 amide bonds. The Labute approximate surface area is 108 Å². The number of ketones is 1. The molecule has 0 heterocycles. The molecule has 0 aliphatic heterocycles. The van der Waals surface area contributed by atoms with E-state index in [1.807, 2.05) is 19.1 Å². The maximum atomic E-state index is 11.4. The lowest BCUT2D eigenvalue weighted by atomic mass is 10.1. The molecule has 1 aromatic rings. The van der Waals surface area contributed by atoms with E-state index in [4.69, 9.17) is 23.2 Å². The van der Waals surface area contributed by atoms with Crippen molar-refractivity contribution in [1.82, 2.24) is 0 Å². The molecule has 0 saturated heterocycles. The first-order valence-corrected chi connectivity index (χ1v) is 6.33. The van der Waals surface area contributed by atoms with E-state index in [9.17, 15) is 4.79 Å². The van der Waals surface area contributed by atoms with Crippen LogP contribution in [0, 0.1) is 0 Å². The van der Waals surface area contributed by atoms with Gasteiger partial charge in [-0.3, -0.25) is 4.79 Å². The minimum absolute atomic E-state index is 0.172. The summed E-state index contributed by atoms with van der Waals surface area (Å²) in [5.41, 5.74) is 0.896. The molecule has 1 unspecified atom stereocenters. The largest absolute Gasteiger partial charge is 0.298 e. The number of hydrogen-bond acceptors (Lipinski definition) is 1. The van der Waals surface area contributed by atoms with Crippen LogP contribution >= 0.6 is 39.1 Å². The fraction of sp³-hybridized carbons (Fsp3) is 0.364. The van der Waals surface area contributed by atoms with Crippen molar-refractivity contribution >= 4 is 44.9 Å². The van der Waals surface area contributed by atoms with Gasteiger partial charge in [-0.05, 0) is 18.1 Å². The zero-order valence-electron chi connectivity index (χ0n) is 8.27. The van der Waals surface area contributed by atoms with Crippen LogP contribution < -0.4 is 0 Å². The number of benzene rings is 1. The van der Waals surface area contributed by atoms with Crippen LogP contribution in [-0.2, 0) is 11.2 Å². The molecular weight excluding hydrogens is 299 g/mol. The highest BCUT2D eigenvalue weighted by atomic mass is 79.9. The van der Waals surface area contributed by atoms with Crippen molar-refractivity contribution in [2.75, 3.05) is 0 Å². The molecule has 1 nitrogen and oxygen atoms in total. The van der Waals surface area contributed by atoms with Crippen LogP contribution in [0.1, 0.15) is 18.9 Å². The molecule has 0 aliphatic carbocycles. The summed E-state index contributed by atoms with van der Waals surface area (Å²) in [4.78, 5) is 11.2. The molecule has 0 fully saturated rings. The molecule has 82 valence electrons. The van der Waals surface area contributed by atoms with Crippen LogP contribution in [0.2, 0.25) is 10.0 Å². The molecule has 15 heavy (non-hydrogen) atoms. The van der Waals surface area contributed by atoms with Crippen molar-refractivity contribution in [3.8, 4) is 0 Å². The van der Waals surface area contributed by atoms with Gasteiger partial charge < -0.3 is 0 Å². The monoisotopic (exact) mass is 308 g/mol. The van der Waals surface area contributed by atoms with E-state index < -0.39 is 0 Å². The molecule has 0 N–H and O–H groups in total. The van der Waals surface area contributed by atoms with Crippen molar-refractivity contribution in [2.24, 2.45) is 0 Å². The summed E-state index contributed by atoms with van der Waals surface area (Å²) in [6, 6.07) is 5.45. The van der Waals surface area contributed by atoms with E-state index in [-0.39, 0.29) is 10.6 Å². The molecule has 0 saturated carbocycles. The topological polar surface area (TPSA) is 17.1 Å². The summed E-state index contributed by atoms with van der Waals surface area (Å²) in [5, 5.41) is 1.06. The van der Waals surface area contributed by atoms with Crippen molar-refractivity contribution in [3.63, 3.8) is 0 Å². The molecule has 0 aliphatic rings. The fourth-order valence-corrected chi connectivity index (χ4v) is 2.30. The van der Waals surface area contributed by atoms with Gasteiger partial charge in [0.25, 0.3) is 0 Å². The van der Waals surface area contributed by atoms with Crippen LogP contribution in [0.15, 0.2) is 18.2 Å². The number of alkyl halides is 1. The molecular formula is C11H11BrCl2O.